The number of hydrogen-bond acceptors (Lipinski definition) is 7. The summed E-state index contributed by atoms with van der Waals surface area (Å²) in [5.41, 5.74) is 0.105. The van der Waals surface area contributed by atoms with Crippen molar-refractivity contribution in [2.45, 2.75) is 23.9 Å². The van der Waals surface area contributed by atoms with Gasteiger partial charge in [-0.05, 0) is 13.0 Å². The number of hydrogen-bond donors (Lipinski definition) is 2. The third kappa shape index (κ3) is 5.55. The Balaban J connectivity index is 1.76. The molecule has 0 bridgehead atoms. The lowest BCUT2D eigenvalue weighted by Gasteiger charge is -2.37. The predicted molar refractivity (Wildman–Crippen MR) is 113 cm³/mol. The van der Waals surface area contributed by atoms with Crippen LogP contribution in [0.3, 0.4) is 0 Å². The summed E-state index contributed by atoms with van der Waals surface area (Å²) in [6.07, 6.45) is -1.11. The average Bonchev–Trinajstić information content (AvgIpc) is 2.73. The van der Waals surface area contributed by atoms with Gasteiger partial charge in [0.2, 0.25) is 5.88 Å². The number of thioether (sulfide) groups is 1. The van der Waals surface area contributed by atoms with Gasteiger partial charge in [-0.1, -0.05) is 23.9 Å². The van der Waals surface area contributed by atoms with E-state index < -0.39 is 34.0 Å². The minimum Gasteiger partial charge on any atom is -0.481 e. The Bertz CT molecular complexity index is 1110. The van der Waals surface area contributed by atoms with Gasteiger partial charge in [-0.25, -0.2) is 18.6 Å². The summed E-state index contributed by atoms with van der Waals surface area (Å²) in [6.45, 7) is 1.65. The predicted octanol–water partition coefficient (Wildman–Crippen LogP) is 2.40. The first kappa shape index (κ1) is 23.9. The van der Waals surface area contributed by atoms with E-state index in [-0.39, 0.29) is 47.8 Å². The van der Waals surface area contributed by atoms with Crippen LogP contribution in [-0.4, -0.2) is 71.6 Å². The summed E-state index contributed by atoms with van der Waals surface area (Å²) in [6, 6.07) is 4.50. The molecule has 3 rings (SSSR count). The molecule has 2 heterocycles. The molecule has 1 aromatic heterocycles. The number of nitrogens with zero attached hydrogens (tertiary/aromatic N) is 4. The summed E-state index contributed by atoms with van der Waals surface area (Å²) >= 11 is 0.976. The van der Waals surface area contributed by atoms with Gasteiger partial charge >= 0.3 is 16.3 Å². The normalized spacial score (nSPS) is 17.2. The number of nitrogens with one attached hydrogen (secondary N) is 1. The van der Waals surface area contributed by atoms with Crippen LogP contribution in [0.2, 0.25) is 0 Å². The minimum atomic E-state index is -4.06. The molecular weight excluding hydrogens is 468 g/mol. The number of carboxylic acid groups (broad SMARTS) is 1. The quantitative estimate of drug-likeness (QED) is 0.449. The lowest BCUT2D eigenvalue weighted by molar-refractivity contribution is 0.109. The van der Waals surface area contributed by atoms with E-state index in [0.29, 0.717) is 0 Å². The van der Waals surface area contributed by atoms with Crippen LogP contribution in [0.25, 0.3) is 0 Å². The second-order valence-corrected chi connectivity index (χ2v) is 9.44. The third-order valence-corrected chi connectivity index (χ3v) is 7.18. The van der Waals surface area contributed by atoms with Gasteiger partial charge in [0, 0.05) is 43.1 Å². The van der Waals surface area contributed by atoms with Crippen molar-refractivity contribution in [1.29, 1.82) is 0 Å². The highest BCUT2D eigenvalue weighted by Gasteiger charge is 2.34. The van der Waals surface area contributed by atoms with Gasteiger partial charge in [-0.2, -0.15) is 17.7 Å². The SMILES string of the molecule is COc1cc(NS(=O)(=O)N2CCN(C(=O)O)C[C@@H]2C)nc(SCc2cccc(F)c2F)n1. The van der Waals surface area contributed by atoms with Gasteiger partial charge in [0.25, 0.3) is 0 Å². The first-order valence-corrected chi connectivity index (χ1v) is 11.8. The molecule has 0 saturated carbocycles. The van der Waals surface area contributed by atoms with Gasteiger partial charge in [0.15, 0.2) is 16.8 Å². The van der Waals surface area contributed by atoms with Crippen molar-refractivity contribution >= 4 is 33.9 Å². The molecule has 1 aromatic carbocycles. The Morgan fingerprint density at radius 3 is 2.75 bits per heavy atom. The maximum Gasteiger partial charge on any atom is 0.407 e. The summed E-state index contributed by atoms with van der Waals surface area (Å²) in [5, 5.41) is 9.19. The molecule has 1 saturated heterocycles. The van der Waals surface area contributed by atoms with Crippen LogP contribution in [0.5, 0.6) is 5.88 Å². The molecule has 1 atom stereocenters. The van der Waals surface area contributed by atoms with E-state index in [4.69, 9.17) is 9.84 Å². The largest absolute Gasteiger partial charge is 0.481 e. The molecule has 10 nitrogen and oxygen atoms in total. The molecule has 0 radical (unpaired) electrons. The number of anilines is 1. The van der Waals surface area contributed by atoms with Gasteiger partial charge in [0.1, 0.15) is 5.82 Å². The van der Waals surface area contributed by atoms with E-state index in [2.05, 4.69) is 14.7 Å². The second-order valence-electron chi connectivity index (χ2n) is 6.88. The van der Waals surface area contributed by atoms with Gasteiger partial charge in [0.05, 0.1) is 7.11 Å². The molecule has 2 aromatic rings. The van der Waals surface area contributed by atoms with E-state index in [1.54, 1.807) is 6.92 Å². The second kappa shape index (κ2) is 9.83. The van der Waals surface area contributed by atoms with Crippen LogP contribution < -0.4 is 9.46 Å². The maximum atomic E-state index is 13.9. The molecule has 1 aliphatic heterocycles. The number of benzene rings is 1. The van der Waals surface area contributed by atoms with Gasteiger partial charge in [-0.15, -0.1) is 0 Å². The van der Waals surface area contributed by atoms with Crippen molar-refractivity contribution in [3.8, 4) is 5.88 Å². The van der Waals surface area contributed by atoms with Crippen molar-refractivity contribution < 1.29 is 31.8 Å². The smallest absolute Gasteiger partial charge is 0.407 e. The Kier molecular flexibility index (Phi) is 7.36. The lowest BCUT2D eigenvalue weighted by Crippen LogP contribution is -2.56. The van der Waals surface area contributed by atoms with Crippen molar-refractivity contribution in [1.82, 2.24) is 19.2 Å². The molecular formula is C18H21F2N5O5S2. The van der Waals surface area contributed by atoms with Crippen molar-refractivity contribution in [2.24, 2.45) is 0 Å². The van der Waals surface area contributed by atoms with Gasteiger partial charge < -0.3 is 14.7 Å². The minimum absolute atomic E-state index is 0.0110. The fraction of sp³-hybridized carbons (Fsp3) is 0.389. The molecule has 1 aliphatic rings. The maximum absolute atomic E-state index is 13.9. The Hall–Kier alpha value is -2.71. The highest BCUT2D eigenvalue weighted by atomic mass is 32.2. The number of aromatic nitrogens is 2. The van der Waals surface area contributed by atoms with Crippen LogP contribution >= 0.6 is 11.8 Å². The highest BCUT2D eigenvalue weighted by Crippen LogP contribution is 2.26. The Morgan fingerprint density at radius 1 is 1.34 bits per heavy atom. The highest BCUT2D eigenvalue weighted by molar-refractivity contribution is 7.98. The molecule has 0 unspecified atom stereocenters. The number of methoxy groups -OCH3 is 1. The third-order valence-electron chi connectivity index (χ3n) is 4.66. The fourth-order valence-corrected chi connectivity index (χ4v) is 5.26. The summed E-state index contributed by atoms with van der Waals surface area (Å²) < 4.78 is 61.6. The first-order valence-electron chi connectivity index (χ1n) is 9.37. The number of carbonyl (C=O) groups is 1. The summed E-state index contributed by atoms with van der Waals surface area (Å²) in [7, 11) is -2.72. The number of halogens is 2. The molecule has 14 heteroatoms. The molecule has 2 N–H and O–H groups in total. The summed E-state index contributed by atoms with van der Waals surface area (Å²) in [4.78, 5) is 20.5. The lowest BCUT2D eigenvalue weighted by atomic mass is 10.2. The molecule has 1 amide bonds. The fourth-order valence-electron chi connectivity index (χ4n) is 3.09. The molecule has 32 heavy (non-hydrogen) atoms. The number of amides is 1. The molecule has 174 valence electrons. The monoisotopic (exact) mass is 489 g/mol. The van der Waals surface area contributed by atoms with E-state index >= 15 is 0 Å². The molecule has 1 fully saturated rings. The van der Waals surface area contributed by atoms with Crippen LogP contribution in [0.4, 0.5) is 19.4 Å². The first-order chi connectivity index (χ1) is 15.1. The molecule has 0 aliphatic carbocycles. The van der Waals surface area contributed by atoms with E-state index in [0.717, 1.165) is 27.0 Å². The van der Waals surface area contributed by atoms with E-state index in [1.807, 2.05) is 0 Å². The van der Waals surface area contributed by atoms with Gasteiger partial charge in [-0.3, -0.25) is 4.72 Å². The summed E-state index contributed by atoms with van der Waals surface area (Å²) in [5.74, 6) is -1.94. The standard InChI is InChI=1S/C18H21F2N5O5S2/c1-11-9-24(18(26)27)6-7-25(11)32(28,29)23-14-8-15(30-2)22-17(21-14)31-10-12-4-3-5-13(19)16(12)20/h3-5,8,11H,6-7,9-10H2,1-2H3,(H,26,27)(H,21,22,23)/t11-/m0/s1. The van der Waals surface area contributed by atoms with Crippen molar-refractivity contribution in [2.75, 3.05) is 31.5 Å². The van der Waals surface area contributed by atoms with E-state index in [9.17, 15) is 22.0 Å². The van der Waals surface area contributed by atoms with Crippen LogP contribution in [0.1, 0.15) is 12.5 Å². The zero-order chi connectivity index (χ0) is 23.5. The zero-order valence-corrected chi connectivity index (χ0v) is 18.8. The van der Waals surface area contributed by atoms with Crippen molar-refractivity contribution in [3.05, 3.63) is 41.5 Å². The van der Waals surface area contributed by atoms with Crippen LogP contribution in [-0.2, 0) is 16.0 Å². The topological polar surface area (TPSA) is 125 Å². The Labute approximate surface area is 187 Å². The zero-order valence-electron chi connectivity index (χ0n) is 17.2. The average molecular weight is 490 g/mol. The van der Waals surface area contributed by atoms with Crippen LogP contribution in [0, 0.1) is 11.6 Å². The Morgan fingerprint density at radius 2 is 2.09 bits per heavy atom. The van der Waals surface area contributed by atoms with Crippen molar-refractivity contribution in [3.63, 3.8) is 0 Å². The number of ether oxygens (including phenoxy) is 1. The number of rotatable bonds is 7. The molecule has 0 spiro atoms. The number of piperazine rings is 1. The van der Waals surface area contributed by atoms with E-state index in [1.165, 1.54) is 25.3 Å². The van der Waals surface area contributed by atoms with Crippen LogP contribution in [0.15, 0.2) is 29.4 Å².